The molecule has 0 aliphatic rings. The first-order valence-electron chi connectivity index (χ1n) is 19.0. The van der Waals surface area contributed by atoms with Crippen molar-refractivity contribution in [2.24, 2.45) is 0 Å². The zero-order valence-corrected chi connectivity index (χ0v) is 30.7. The molecular formula is C52H32N4O. The molecule has 0 bridgehead atoms. The van der Waals surface area contributed by atoms with Gasteiger partial charge in [0.15, 0.2) is 17.5 Å². The van der Waals surface area contributed by atoms with E-state index in [4.69, 9.17) is 24.4 Å². The Morgan fingerprint density at radius 1 is 0.281 bits per heavy atom. The van der Waals surface area contributed by atoms with Gasteiger partial charge in [-0.15, -0.1) is 0 Å². The van der Waals surface area contributed by atoms with Crippen molar-refractivity contribution in [1.29, 1.82) is 0 Å². The molecule has 0 saturated heterocycles. The predicted octanol–water partition coefficient (Wildman–Crippen LogP) is 13.5. The van der Waals surface area contributed by atoms with Gasteiger partial charge in [0, 0.05) is 49.2 Å². The lowest BCUT2D eigenvalue weighted by Crippen LogP contribution is -2.00. The first-order chi connectivity index (χ1) is 28.2. The van der Waals surface area contributed by atoms with E-state index >= 15 is 0 Å². The van der Waals surface area contributed by atoms with Gasteiger partial charge >= 0.3 is 0 Å². The van der Waals surface area contributed by atoms with Gasteiger partial charge in [0.1, 0.15) is 11.2 Å². The number of fused-ring (bicyclic) bond motifs is 7. The average Bonchev–Trinajstić information content (AvgIpc) is 3.68. The van der Waals surface area contributed by atoms with Gasteiger partial charge in [-0.3, -0.25) is 0 Å². The van der Waals surface area contributed by atoms with Crippen molar-refractivity contribution < 1.29 is 4.42 Å². The van der Waals surface area contributed by atoms with Gasteiger partial charge in [-0.25, -0.2) is 19.9 Å². The number of para-hydroxylation sites is 1. The zero-order valence-electron chi connectivity index (χ0n) is 30.7. The molecule has 11 rings (SSSR count). The Kier molecular flexibility index (Phi) is 7.74. The largest absolute Gasteiger partial charge is 0.456 e. The van der Waals surface area contributed by atoms with Crippen LogP contribution in [0.2, 0.25) is 0 Å². The molecule has 0 amide bonds. The third kappa shape index (κ3) is 5.81. The second-order valence-electron chi connectivity index (χ2n) is 14.2. The first kappa shape index (κ1) is 32.7. The van der Waals surface area contributed by atoms with E-state index in [2.05, 4.69) is 115 Å². The molecule has 3 aromatic heterocycles. The van der Waals surface area contributed by atoms with Crippen molar-refractivity contribution >= 4 is 43.6 Å². The van der Waals surface area contributed by atoms with Crippen molar-refractivity contribution in [1.82, 2.24) is 19.9 Å². The molecule has 5 heteroatoms. The van der Waals surface area contributed by atoms with Crippen molar-refractivity contribution in [2.75, 3.05) is 0 Å². The summed E-state index contributed by atoms with van der Waals surface area (Å²) in [5, 5.41) is 5.54. The lowest BCUT2D eigenvalue weighted by molar-refractivity contribution is 0.669. The summed E-state index contributed by atoms with van der Waals surface area (Å²) in [6.45, 7) is 0. The molecule has 0 fully saturated rings. The highest BCUT2D eigenvalue weighted by Gasteiger charge is 2.18. The van der Waals surface area contributed by atoms with Crippen LogP contribution in [0.4, 0.5) is 0 Å². The number of hydrogen-bond donors (Lipinski definition) is 0. The van der Waals surface area contributed by atoms with Gasteiger partial charge in [-0.2, -0.15) is 0 Å². The first-order valence-corrected chi connectivity index (χ1v) is 19.0. The molecule has 0 unspecified atom stereocenters. The summed E-state index contributed by atoms with van der Waals surface area (Å²) < 4.78 is 6.40. The lowest BCUT2D eigenvalue weighted by Gasteiger charge is -2.13. The fourth-order valence-corrected chi connectivity index (χ4v) is 7.96. The number of rotatable bonds is 6. The highest BCUT2D eigenvalue weighted by molar-refractivity contribution is 6.28. The normalized spacial score (nSPS) is 11.5. The van der Waals surface area contributed by atoms with Crippen LogP contribution in [0.5, 0.6) is 0 Å². The van der Waals surface area contributed by atoms with Crippen LogP contribution < -0.4 is 0 Å². The molecule has 5 nitrogen and oxygen atoms in total. The smallest absolute Gasteiger partial charge is 0.164 e. The molecule has 0 N–H and O–H groups in total. The van der Waals surface area contributed by atoms with E-state index in [1.165, 1.54) is 0 Å². The summed E-state index contributed by atoms with van der Waals surface area (Å²) in [6.07, 6.45) is 0. The fraction of sp³-hybridized carbons (Fsp3) is 0. The van der Waals surface area contributed by atoms with Crippen LogP contribution in [0.15, 0.2) is 199 Å². The maximum atomic E-state index is 6.40. The molecule has 0 aliphatic heterocycles. The van der Waals surface area contributed by atoms with Crippen LogP contribution in [-0.4, -0.2) is 19.9 Å². The number of hydrogen-bond acceptors (Lipinski definition) is 5. The maximum Gasteiger partial charge on any atom is 0.164 e. The van der Waals surface area contributed by atoms with E-state index in [9.17, 15) is 0 Å². The molecule has 8 aromatic carbocycles. The van der Waals surface area contributed by atoms with Gasteiger partial charge in [-0.05, 0) is 64.7 Å². The van der Waals surface area contributed by atoms with Crippen molar-refractivity contribution in [3.8, 4) is 67.7 Å². The van der Waals surface area contributed by atoms with Crippen molar-refractivity contribution in [3.05, 3.63) is 194 Å². The monoisotopic (exact) mass is 728 g/mol. The number of nitrogens with zero attached hydrogens (tertiary/aromatic N) is 4. The van der Waals surface area contributed by atoms with Crippen LogP contribution in [0.25, 0.3) is 111 Å². The van der Waals surface area contributed by atoms with Crippen LogP contribution in [0, 0.1) is 0 Å². The van der Waals surface area contributed by atoms with Crippen LogP contribution in [0.1, 0.15) is 0 Å². The fourth-order valence-electron chi connectivity index (χ4n) is 7.96. The van der Waals surface area contributed by atoms with Gasteiger partial charge in [0.25, 0.3) is 0 Å². The van der Waals surface area contributed by atoms with Crippen molar-refractivity contribution in [2.45, 2.75) is 0 Å². The van der Waals surface area contributed by atoms with Crippen molar-refractivity contribution in [3.63, 3.8) is 0 Å². The molecular weight excluding hydrogens is 697 g/mol. The van der Waals surface area contributed by atoms with E-state index in [1.807, 2.05) is 78.9 Å². The minimum Gasteiger partial charge on any atom is -0.456 e. The van der Waals surface area contributed by atoms with Crippen LogP contribution in [0.3, 0.4) is 0 Å². The van der Waals surface area contributed by atoms with E-state index in [-0.39, 0.29) is 0 Å². The summed E-state index contributed by atoms with van der Waals surface area (Å²) in [4.78, 5) is 20.1. The number of aromatic nitrogens is 4. The third-order valence-corrected chi connectivity index (χ3v) is 10.7. The van der Waals surface area contributed by atoms with E-state index in [0.29, 0.717) is 17.5 Å². The minimum atomic E-state index is 0.627. The highest BCUT2D eigenvalue weighted by atomic mass is 16.3. The molecule has 3 heterocycles. The van der Waals surface area contributed by atoms with Gasteiger partial charge in [0.05, 0.1) is 11.2 Å². The zero-order chi connectivity index (χ0) is 37.7. The summed E-state index contributed by atoms with van der Waals surface area (Å²) in [5.74, 6) is 1.91. The topological polar surface area (TPSA) is 64.7 Å². The molecule has 11 aromatic rings. The Morgan fingerprint density at radius 2 is 0.789 bits per heavy atom. The molecule has 0 radical (unpaired) electrons. The molecule has 0 spiro atoms. The summed E-state index contributed by atoms with van der Waals surface area (Å²) in [6, 6.07) is 66.9. The second-order valence-corrected chi connectivity index (χ2v) is 14.2. The minimum absolute atomic E-state index is 0.627. The Balaban J connectivity index is 1.04. The second kappa shape index (κ2) is 13.5. The summed E-state index contributed by atoms with van der Waals surface area (Å²) in [5.41, 5.74) is 11.9. The number of benzene rings is 8. The van der Waals surface area contributed by atoms with Crippen LogP contribution >= 0.6 is 0 Å². The molecule has 57 heavy (non-hydrogen) atoms. The lowest BCUT2D eigenvalue weighted by atomic mass is 9.93. The molecule has 0 aliphatic carbocycles. The third-order valence-electron chi connectivity index (χ3n) is 10.7. The Bertz CT molecular complexity index is 3230. The van der Waals surface area contributed by atoms with Gasteiger partial charge in [-0.1, -0.05) is 152 Å². The Hall–Kier alpha value is -7.76. The van der Waals surface area contributed by atoms with Crippen LogP contribution in [-0.2, 0) is 0 Å². The average molecular weight is 729 g/mol. The standard InChI is InChI=1S/C52H32N4O/c1-4-14-33(15-5-1)49-42-27-29-46-48(41-24-10-11-25-45(41)57-46)47(42)43-32-39(26-28-44(43)53-49)37-21-12-20-36(30-37)38-22-13-23-40(31-38)52-55-50(34-16-6-2-7-17-34)54-51(56-52)35-18-8-3-9-19-35/h1-32H. The molecule has 0 saturated carbocycles. The van der Waals surface area contributed by atoms with E-state index < -0.39 is 0 Å². The summed E-state index contributed by atoms with van der Waals surface area (Å²) in [7, 11) is 0. The Labute approximate surface area is 328 Å². The van der Waals surface area contributed by atoms with E-state index in [0.717, 1.165) is 93.8 Å². The quantitative estimate of drug-likeness (QED) is 0.160. The number of pyridine rings is 1. The molecule has 266 valence electrons. The van der Waals surface area contributed by atoms with Gasteiger partial charge < -0.3 is 4.42 Å². The van der Waals surface area contributed by atoms with E-state index in [1.54, 1.807) is 0 Å². The highest BCUT2D eigenvalue weighted by Crippen LogP contribution is 2.42. The number of furan rings is 1. The maximum absolute atomic E-state index is 6.40. The molecule has 0 atom stereocenters. The SMILES string of the molecule is c1ccc(-c2nc(-c3ccccc3)nc(-c3cccc(-c4cccc(-c5ccc6nc(-c7ccccc7)c7ccc8oc9ccccc9c8c7c6c5)c4)c3)n2)cc1. The predicted molar refractivity (Wildman–Crippen MR) is 233 cm³/mol. The Morgan fingerprint density at radius 3 is 1.44 bits per heavy atom. The summed E-state index contributed by atoms with van der Waals surface area (Å²) >= 11 is 0. The van der Waals surface area contributed by atoms with Gasteiger partial charge in [0.2, 0.25) is 0 Å².